The number of nitrogens with zero attached hydrogens (tertiary/aromatic N) is 2. The van der Waals surface area contributed by atoms with E-state index in [1.807, 2.05) is 24.3 Å². The molecule has 2 N–H and O–H groups in total. The Morgan fingerprint density at radius 2 is 2.06 bits per heavy atom. The Morgan fingerprint density at radius 3 is 2.81 bits per heavy atom. The lowest BCUT2D eigenvalue weighted by Crippen LogP contribution is -2.38. The predicted molar refractivity (Wildman–Crippen MR) is 59.2 cm³/mol. The lowest BCUT2D eigenvalue weighted by Gasteiger charge is -2.26. The number of hydrogen-bond acceptors (Lipinski definition) is 5. The van der Waals surface area contributed by atoms with E-state index in [1.54, 1.807) is 0 Å². The monoisotopic (exact) mass is 217 g/mol. The van der Waals surface area contributed by atoms with Crippen molar-refractivity contribution in [2.24, 2.45) is 0 Å². The number of para-hydroxylation sites is 1. The van der Waals surface area contributed by atoms with Crippen LogP contribution in [0.5, 0.6) is 5.88 Å². The molecule has 0 atom stereocenters. The van der Waals surface area contributed by atoms with Gasteiger partial charge >= 0.3 is 0 Å². The van der Waals surface area contributed by atoms with Crippen molar-refractivity contribution in [1.82, 2.24) is 9.97 Å². The molecule has 0 spiro atoms. The molecule has 0 saturated carbocycles. The van der Waals surface area contributed by atoms with Crippen LogP contribution in [0.3, 0.4) is 0 Å². The highest BCUT2D eigenvalue weighted by Crippen LogP contribution is 2.24. The average molecular weight is 217 g/mol. The molecule has 2 heterocycles. The van der Waals surface area contributed by atoms with Crippen molar-refractivity contribution < 1.29 is 9.47 Å². The molecule has 5 nitrogen and oxygen atoms in total. The van der Waals surface area contributed by atoms with Gasteiger partial charge in [0.25, 0.3) is 0 Å². The number of ether oxygens (including phenoxy) is 2. The van der Waals surface area contributed by atoms with Crippen LogP contribution in [0, 0.1) is 0 Å². The molecule has 1 aromatic carbocycles. The number of aromatic nitrogens is 2. The summed E-state index contributed by atoms with van der Waals surface area (Å²) in [5, 5.41) is 0.878. The zero-order chi connectivity index (χ0) is 11.0. The first kappa shape index (κ1) is 9.35. The third kappa shape index (κ3) is 1.55. The Bertz CT molecular complexity index is 526. The second-order valence-corrected chi connectivity index (χ2v) is 3.68. The fourth-order valence-corrected chi connectivity index (χ4v) is 1.59. The summed E-state index contributed by atoms with van der Waals surface area (Å²) in [6.45, 7) is 1.22. The topological polar surface area (TPSA) is 70.3 Å². The smallest absolute Gasteiger partial charge is 0.226 e. The van der Waals surface area contributed by atoms with Crippen molar-refractivity contribution in [1.29, 1.82) is 0 Å². The molecule has 1 aromatic heterocycles. The highest BCUT2D eigenvalue weighted by Gasteiger charge is 2.22. The van der Waals surface area contributed by atoms with Gasteiger partial charge in [-0.3, -0.25) is 0 Å². The minimum atomic E-state index is 0.0812. The maximum atomic E-state index is 5.69. The van der Waals surface area contributed by atoms with Crippen LogP contribution in [0.25, 0.3) is 10.9 Å². The summed E-state index contributed by atoms with van der Waals surface area (Å²) in [6, 6.07) is 7.64. The van der Waals surface area contributed by atoms with Gasteiger partial charge in [0.2, 0.25) is 11.8 Å². The molecule has 82 valence electrons. The summed E-state index contributed by atoms with van der Waals surface area (Å²) in [5.41, 5.74) is 6.42. The molecule has 5 heteroatoms. The highest BCUT2D eigenvalue weighted by molar-refractivity contribution is 5.84. The van der Waals surface area contributed by atoms with Gasteiger partial charge in [-0.1, -0.05) is 12.1 Å². The first-order valence-corrected chi connectivity index (χ1v) is 5.09. The number of nitrogens with two attached hydrogens (primary N) is 1. The Hall–Kier alpha value is -1.88. The fourth-order valence-electron chi connectivity index (χ4n) is 1.59. The summed E-state index contributed by atoms with van der Waals surface area (Å²) in [4.78, 5) is 8.25. The summed E-state index contributed by atoms with van der Waals surface area (Å²) < 4.78 is 10.7. The standard InChI is InChI=1S/C11H11N3O2/c12-11-13-9-4-2-1-3-8(9)10(14-11)16-7-5-15-6-7/h1-4,7H,5-6H2,(H2,12,13,14). The van der Waals surface area contributed by atoms with Gasteiger partial charge < -0.3 is 15.2 Å². The van der Waals surface area contributed by atoms with Gasteiger partial charge in [-0.05, 0) is 12.1 Å². The van der Waals surface area contributed by atoms with Crippen molar-refractivity contribution in [2.45, 2.75) is 6.10 Å². The maximum absolute atomic E-state index is 5.69. The maximum Gasteiger partial charge on any atom is 0.226 e. The second kappa shape index (κ2) is 3.61. The van der Waals surface area contributed by atoms with Crippen LogP contribution >= 0.6 is 0 Å². The molecule has 1 aliphatic heterocycles. The van der Waals surface area contributed by atoms with E-state index in [0.717, 1.165) is 10.9 Å². The molecular formula is C11H11N3O2. The van der Waals surface area contributed by atoms with Crippen LogP contribution in [-0.2, 0) is 4.74 Å². The molecule has 0 amide bonds. The molecule has 0 bridgehead atoms. The van der Waals surface area contributed by atoms with E-state index < -0.39 is 0 Å². The van der Waals surface area contributed by atoms with Crippen molar-refractivity contribution in [3.8, 4) is 5.88 Å². The minimum absolute atomic E-state index is 0.0812. The van der Waals surface area contributed by atoms with Gasteiger partial charge in [-0.25, -0.2) is 4.98 Å². The molecule has 1 fully saturated rings. The second-order valence-electron chi connectivity index (χ2n) is 3.68. The summed E-state index contributed by atoms with van der Waals surface area (Å²) in [5.74, 6) is 0.769. The van der Waals surface area contributed by atoms with Crippen LogP contribution in [0.2, 0.25) is 0 Å². The number of nitrogen functional groups attached to an aromatic ring is 1. The van der Waals surface area contributed by atoms with E-state index in [-0.39, 0.29) is 12.1 Å². The number of fused-ring (bicyclic) bond motifs is 1. The SMILES string of the molecule is Nc1nc(OC2COC2)c2ccccc2n1. The molecule has 16 heavy (non-hydrogen) atoms. The van der Waals surface area contributed by atoms with Gasteiger partial charge in [-0.15, -0.1) is 0 Å². The van der Waals surface area contributed by atoms with Crippen molar-refractivity contribution >= 4 is 16.9 Å². The third-order valence-corrected chi connectivity index (χ3v) is 2.47. The van der Waals surface area contributed by atoms with Crippen molar-refractivity contribution in [3.63, 3.8) is 0 Å². The Labute approximate surface area is 92.2 Å². The molecule has 1 aliphatic rings. The normalized spacial score (nSPS) is 16.0. The summed E-state index contributed by atoms with van der Waals surface area (Å²) in [6.07, 6.45) is 0.0812. The Balaban J connectivity index is 2.06. The van der Waals surface area contributed by atoms with E-state index in [1.165, 1.54) is 0 Å². The van der Waals surface area contributed by atoms with Gasteiger partial charge in [0, 0.05) is 0 Å². The molecular weight excluding hydrogens is 206 g/mol. The lowest BCUT2D eigenvalue weighted by atomic mass is 10.2. The Kier molecular flexibility index (Phi) is 2.11. The van der Waals surface area contributed by atoms with Gasteiger partial charge in [0.15, 0.2) is 0 Å². The van der Waals surface area contributed by atoms with Crippen LogP contribution in [-0.4, -0.2) is 29.3 Å². The zero-order valence-electron chi connectivity index (χ0n) is 8.59. The predicted octanol–water partition coefficient (Wildman–Crippen LogP) is 0.990. The molecule has 3 rings (SSSR count). The van der Waals surface area contributed by atoms with Gasteiger partial charge in [-0.2, -0.15) is 4.98 Å². The first-order chi connectivity index (χ1) is 7.83. The summed E-state index contributed by atoms with van der Waals surface area (Å²) >= 11 is 0. The van der Waals surface area contributed by atoms with Crippen LogP contribution in [0.1, 0.15) is 0 Å². The number of anilines is 1. The lowest BCUT2D eigenvalue weighted by molar-refractivity contribution is -0.0806. The summed E-state index contributed by atoms with van der Waals surface area (Å²) in [7, 11) is 0. The molecule has 0 unspecified atom stereocenters. The molecule has 2 aromatic rings. The van der Waals surface area contributed by atoms with Gasteiger partial charge in [0.1, 0.15) is 6.10 Å². The molecule has 1 saturated heterocycles. The van der Waals surface area contributed by atoms with Crippen molar-refractivity contribution in [2.75, 3.05) is 18.9 Å². The quantitative estimate of drug-likeness (QED) is 0.812. The first-order valence-electron chi connectivity index (χ1n) is 5.09. The number of rotatable bonds is 2. The minimum Gasteiger partial charge on any atom is -0.469 e. The van der Waals surface area contributed by atoms with E-state index in [2.05, 4.69) is 9.97 Å². The highest BCUT2D eigenvalue weighted by atomic mass is 16.6. The molecule has 0 aliphatic carbocycles. The van der Waals surface area contributed by atoms with Crippen LogP contribution in [0.4, 0.5) is 5.95 Å². The number of hydrogen-bond donors (Lipinski definition) is 1. The van der Waals surface area contributed by atoms with Crippen LogP contribution < -0.4 is 10.5 Å². The van der Waals surface area contributed by atoms with Crippen molar-refractivity contribution in [3.05, 3.63) is 24.3 Å². The Morgan fingerprint density at radius 1 is 1.25 bits per heavy atom. The third-order valence-electron chi connectivity index (χ3n) is 2.47. The molecule has 0 radical (unpaired) electrons. The van der Waals surface area contributed by atoms with E-state index in [0.29, 0.717) is 19.1 Å². The fraction of sp³-hybridized carbons (Fsp3) is 0.273. The largest absolute Gasteiger partial charge is 0.469 e. The van der Waals surface area contributed by atoms with E-state index in [4.69, 9.17) is 15.2 Å². The van der Waals surface area contributed by atoms with E-state index >= 15 is 0 Å². The van der Waals surface area contributed by atoms with E-state index in [9.17, 15) is 0 Å². The van der Waals surface area contributed by atoms with Gasteiger partial charge in [0.05, 0.1) is 24.1 Å². The number of benzene rings is 1. The van der Waals surface area contributed by atoms with Crippen LogP contribution in [0.15, 0.2) is 24.3 Å². The zero-order valence-corrected chi connectivity index (χ0v) is 8.59. The average Bonchev–Trinajstić information content (AvgIpc) is 2.23.